The van der Waals surface area contributed by atoms with Crippen molar-refractivity contribution in [3.8, 4) is 0 Å². The van der Waals surface area contributed by atoms with Gasteiger partial charge in [-0.15, -0.1) is 0 Å². The number of carboxylic acid groups (broad SMARTS) is 1. The highest BCUT2D eigenvalue weighted by Crippen LogP contribution is 2.21. The van der Waals surface area contributed by atoms with Gasteiger partial charge in [-0.25, -0.2) is 0 Å². The molecule has 2 aliphatic heterocycles. The van der Waals surface area contributed by atoms with Gasteiger partial charge in [-0.2, -0.15) is 0 Å². The van der Waals surface area contributed by atoms with E-state index in [9.17, 15) is 14.7 Å². The summed E-state index contributed by atoms with van der Waals surface area (Å²) in [5, 5.41) is 18.3. The lowest BCUT2D eigenvalue weighted by atomic mass is 10.0. The minimum Gasteiger partial charge on any atom is -0.480 e. The molecule has 2 aliphatic rings. The Morgan fingerprint density at radius 2 is 1.58 bits per heavy atom. The zero-order valence-electron chi connectivity index (χ0n) is 15.7. The highest BCUT2D eigenvalue weighted by atomic mass is 16.4. The summed E-state index contributed by atoms with van der Waals surface area (Å²) in [7, 11) is 0. The second-order valence-electron chi connectivity index (χ2n) is 7.49. The number of rotatable bonds is 4. The Labute approximate surface area is 145 Å². The second kappa shape index (κ2) is 9.49. The largest absolute Gasteiger partial charge is 0.480 e. The number of hydrogen-bond donors (Lipinski definition) is 2. The molecule has 0 aromatic heterocycles. The predicted molar refractivity (Wildman–Crippen MR) is 94.1 cm³/mol. The second-order valence-corrected chi connectivity index (χ2v) is 7.49. The van der Waals surface area contributed by atoms with Crippen molar-refractivity contribution in [2.45, 2.75) is 90.6 Å². The molecule has 0 aromatic carbocycles. The molecule has 0 aromatic rings. The number of aliphatic carboxylic acids is 1. The average molecular weight is 342 g/mol. The first kappa shape index (κ1) is 21.1. The standard InChI is InChI=1S/2C9H17NO2/c1-6(2)10-5-8(12)4-9(10)7(3)11;1-7(2)10-6-4-3-5-8(10)9(11)12/h6,8-9,12H,4-5H2,1-3H3;7-8H,3-6H2,1-2H3,(H,11,12). The van der Waals surface area contributed by atoms with E-state index in [0.717, 1.165) is 25.8 Å². The van der Waals surface area contributed by atoms with E-state index in [2.05, 4.69) is 23.6 Å². The van der Waals surface area contributed by atoms with Crippen LogP contribution in [-0.2, 0) is 9.59 Å². The summed E-state index contributed by atoms with van der Waals surface area (Å²) in [5.74, 6) is -0.497. The molecule has 2 rings (SSSR count). The quantitative estimate of drug-likeness (QED) is 0.810. The zero-order valence-corrected chi connectivity index (χ0v) is 15.7. The Kier molecular flexibility index (Phi) is 8.33. The monoisotopic (exact) mass is 342 g/mol. The van der Waals surface area contributed by atoms with Gasteiger partial charge in [0.2, 0.25) is 0 Å². The molecule has 0 bridgehead atoms. The van der Waals surface area contributed by atoms with Gasteiger partial charge < -0.3 is 10.2 Å². The van der Waals surface area contributed by atoms with Crippen LogP contribution >= 0.6 is 0 Å². The van der Waals surface area contributed by atoms with Crippen LogP contribution in [0, 0.1) is 0 Å². The Hall–Kier alpha value is -0.980. The molecule has 2 fully saturated rings. The number of piperidine rings is 1. The zero-order chi connectivity index (χ0) is 18.4. The number of β-amino-alcohol motifs (C(OH)–C–C–N with tert-alkyl or cyclic N) is 1. The molecule has 0 saturated carbocycles. The summed E-state index contributed by atoms with van der Waals surface area (Å²) in [6.45, 7) is 11.4. The highest BCUT2D eigenvalue weighted by molar-refractivity contribution is 5.81. The predicted octanol–water partition coefficient (Wildman–Crippen LogP) is 1.75. The number of ketones is 1. The molecule has 0 aliphatic carbocycles. The van der Waals surface area contributed by atoms with Gasteiger partial charge in [0, 0.05) is 18.6 Å². The maximum Gasteiger partial charge on any atom is 0.320 e. The van der Waals surface area contributed by atoms with E-state index >= 15 is 0 Å². The third-order valence-corrected chi connectivity index (χ3v) is 4.94. The summed E-state index contributed by atoms with van der Waals surface area (Å²) >= 11 is 0. The van der Waals surface area contributed by atoms with Gasteiger partial charge >= 0.3 is 5.97 Å². The number of aliphatic hydroxyl groups excluding tert-OH is 1. The Morgan fingerprint density at radius 3 is 1.96 bits per heavy atom. The minimum absolute atomic E-state index is 0.0556. The van der Waals surface area contributed by atoms with Crippen LogP contribution in [0.2, 0.25) is 0 Å². The number of aliphatic hydroxyl groups is 1. The van der Waals surface area contributed by atoms with Crippen LogP contribution in [0.5, 0.6) is 0 Å². The van der Waals surface area contributed by atoms with Crippen molar-refractivity contribution in [3.05, 3.63) is 0 Å². The molecule has 140 valence electrons. The molecule has 3 atom stereocenters. The number of likely N-dealkylation sites (tertiary alicyclic amines) is 2. The van der Waals surface area contributed by atoms with Gasteiger partial charge in [0.05, 0.1) is 12.1 Å². The van der Waals surface area contributed by atoms with Crippen molar-refractivity contribution in [1.29, 1.82) is 0 Å². The Balaban J connectivity index is 0.000000240. The number of nitrogens with zero attached hydrogens (tertiary/aromatic N) is 2. The van der Waals surface area contributed by atoms with Crippen molar-refractivity contribution >= 4 is 11.8 Å². The lowest BCUT2D eigenvalue weighted by molar-refractivity contribution is -0.145. The van der Waals surface area contributed by atoms with E-state index in [1.54, 1.807) is 6.92 Å². The van der Waals surface area contributed by atoms with E-state index in [-0.39, 0.29) is 24.0 Å². The van der Waals surface area contributed by atoms with Crippen LogP contribution in [0.3, 0.4) is 0 Å². The third kappa shape index (κ3) is 5.83. The van der Waals surface area contributed by atoms with Crippen molar-refractivity contribution in [2.75, 3.05) is 13.1 Å². The van der Waals surface area contributed by atoms with Crippen LogP contribution in [0.4, 0.5) is 0 Å². The molecule has 6 nitrogen and oxygen atoms in total. The van der Waals surface area contributed by atoms with Crippen LogP contribution in [0.25, 0.3) is 0 Å². The first-order valence-corrected chi connectivity index (χ1v) is 9.08. The molecule has 24 heavy (non-hydrogen) atoms. The molecular weight excluding hydrogens is 308 g/mol. The van der Waals surface area contributed by atoms with E-state index < -0.39 is 5.97 Å². The van der Waals surface area contributed by atoms with E-state index in [1.165, 1.54) is 0 Å². The number of hydrogen-bond acceptors (Lipinski definition) is 5. The SMILES string of the molecule is CC(=O)C1CC(O)CN1C(C)C.CC(C)N1CCCCC1C(=O)O. The fourth-order valence-electron chi connectivity index (χ4n) is 3.65. The van der Waals surface area contributed by atoms with Gasteiger partial charge in [0.15, 0.2) is 0 Å². The third-order valence-electron chi connectivity index (χ3n) is 4.94. The number of Topliss-reactive ketones (excluding diaryl/α,β-unsaturated/α-hetero) is 1. The van der Waals surface area contributed by atoms with Gasteiger partial charge in [-0.1, -0.05) is 6.42 Å². The topological polar surface area (TPSA) is 81.1 Å². The van der Waals surface area contributed by atoms with Crippen molar-refractivity contribution in [3.63, 3.8) is 0 Å². The van der Waals surface area contributed by atoms with E-state index in [0.29, 0.717) is 25.0 Å². The summed E-state index contributed by atoms with van der Waals surface area (Å²) < 4.78 is 0. The maximum absolute atomic E-state index is 11.2. The Morgan fingerprint density at radius 1 is 1.00 bits per heavy atom. The first-order valence-electron chi connectivity index (χ1n) is 9.08. The van der Waals surface area contributed by atoms with Crippen LogP contribution in [0.15, 0.2) is 0 Å². The normalized spacial score (nSPS) is 28.8. The van der Waals surface area contributed by atoms with Gasteiger partial charge in [0.25, 0.3) is 0 Å². The fraction of sp³-hybridized carbons (Fsp3) is 0.889. The summed E-state index contributed by atoms with van der Waals surface area (Å²) in [6, 6.07) is 0.404. The van der Waals surface area contributed by atoms with Gasteiger partial charge in [-0.05, 0) is 60.4 Å². The first-order chi connectivity index (χ1) is 11.1. The molecule has 2 heterocycles. The summed E-state index contributed by atoms with van der Waals surface area (Å²) in [5.41, 5.74) is 0. The lowest BCUT2D eigenvalue weighted by Gasteiger charge is -2.35. The molecule has 2 N–H and O–H groups in total. The van der Waals surface area contributed by atoms with Crippen molar-refractivity contribution in [1.82, 2.24) is 9.80 Å². The molecule has 6 heteroatoms. The fourth-order valence-corrected chi connectivity index (χ4v) is 3.65. The Bertz CT molecular complexity index is 403. The van der Waals surface area contributed by atoms with Gasteiger partial charge in [-0.3, -0.25) is 19.4 Å². The maximum atomic E-state index is 11.2. The molecule has 3 unspecified atom stereocenters. The number of carbonyl (C=O) groups excluding carboxylic acids is 1. The average Bonchev–Trinajstić information content (AvgIpc) is 2.90. The van der Waals surface area contributed by atoms with Crippen molar-refractivity contribution < 1.29 is 19.8 Å². The van der Waals surface area contributed by atoms with E-state index in [1.807, 2.05) is 13.8 Å². The minimum atomic E-state index is -0.664. The van der Waals surface area contributed by atoms with Crippen LogP contribution < -0.4 is 0 Å². The van der Waals surface area contributed by atoms with Crippen LogP contribution in [0.1, 0.15) is 60.3 Å². The molecule has 0 amide bonds. The summed E-state index contributed by atoms with van der Waals surface area (Å²) in [4.78, 5) is 26.1. The molecule has 0 spiro atoms. The number of carbonyl (C=O) groups is 2. The lowest BCUT2D eigenvalue weighted by Crippen LogP contribution is -2.48. The summed E-state index contributed by atoms with van der Waals surface area (Å²) in [6.07, 6.45) is 3.30. The van der Waals surface area contributed by atoms with Gasteiger partial charge in [0.1, 0.15) is 11.8 Å². The van der Waals surface area contributed by atoms with Crippen molar-refractivity contribution in [2.24, 2.45) is 0 Å². The van der Waals surface area contributed by atoms with Crippen LogP contribution in [-0.4, -0.2) is 75.1 Å². The molecule has 0 radical (unpaired) electrons. The number of carboxylic acids is 1. The van der Waals surface area contributed by atoms with E-state index in [4.69, 9.17) is 5.11 Å². The molecular formula is C18H34N2O4. The highest BCUT2D eigenvalue weighted by Gasteiger charge is 2.35. The molecule has 2 saturated heterocycles. The smallest absolute Gasteiger partial charge is 0.320 e.